The van der Waals surface area contributed by atoms with Crippen LogP contribution in [0.4, 0.5) is 0 Å². The van der Waals surface area contributed by atoms with Crippen molar-refractivity contribution in [2.24, 2.45) is 0 Å². The van der Waals surface area contributed by atoms with Gasteiger partial charge in [0.2, 0.25) is 10.0 Å². The number of hydrogen-bond acceptors (Lipinski definition) is 6. The highest BCUT2D eigenvalue weighted by atomic mass is 32.2. The van der Waals surface area contributed by atoms with Crippen molar-refractivity contribution in [2.45, 2.75) is 24.8 Å². The molecule has 0 spiro atoms. The van der Waals surface area contributed by atoms with E-state index in [1.807, 2.05) is 12.1 Å². The van der Waals surface area contributed by atoms with E-state index < -0.39 is 10.0 Å². The minimum atomic E-state index is -3.62. The van der Waals surface area contributed by atoms with E-state index in [1.54, 1.807) is 24.3 Å². The molecule has 8 nitrogen and oxygen atoms in total. The van der Waals surface area contributed by atoms with Crippen molar-refractivity contribution in [1.29, 1.82) is 0 Å². The van der Waals surface area contributed by atoms with Crippen LogP contribution in [0.15, 0.2) is 56.6 Å². The molecule has 2 aliphatic rings. The number of rotatable bonds is 5. The Morgan fingerprint density at radius 3 is 2.48 bits per heavy atom. The summed E-state index contributed by atoms with van der Waals surface area (Å²) in [7, 11) is -3.62. The number of fused-ring (bicyclic) bond motifs is 2. The molecule has 1 saturated heterocycles. The standard InChI is InChI=1S/C24H26N2O6S/c1-2-17-3-5-20-18(14-24(27)32-22(20)13-17)16-25-7-9-26(10-8-25)33(28,29)19-4-6-21-23(15-19)31-12-11-30-21/h3-6,13-15H,2,7-12,16H2,1H3/p+1. The van der Waals surface area contributed by atoms with Crippen molar-refractivity contribution in [2.75, 3.05) is 39.4 Å². The van der Waals surface area contributed by atoms with Crippen molar-refractivity contribution in [1.82, 2.24) is 4.31 Å². The van der Waals surface area contributed by atoms with Gasteiger partial charge in [-0.1, -0.05) is 19.1 Å². The molecular formula is C24H27N2O6S+. The molecule has 1 fully saturated rings. The summed E-state index contributed by atoms with van der Waals surface area (Å²) in [5, 5.41) is 0.936. The zero-order valence-electron chi connectivity index (χ0n) is 18.5. The average molecular weight is 472 g/mol. The maximum absolute atomic E-state index is 13.2. The van der Waals surface area contributed by atoms with Gasteiger partial charge in [0.05, 0.1) is 31.1 Å². The monoisotopic (exact) mass is 471 g/mol. The lowest BCUT2D eigenvalue weighted by molar-refractivity contribution is -0.917. The van der Waals surface area contributed by atoms with Gasteiger partial charge in [-0.05, 0) is 30.2 Å². The minimum absolute atomic E-state index is 0.216. The quantitative estimate of drug-likeness (QED) is 0.563. The number of nitrogens with zero attached hydrogens (tertiary/aromatic N) is 1. The zero-order chi connectivity index (χ0) is 23.0. The molecule has 0 saturated carbocycles. The molecule has 0 unspecified atom stereocenters. The third-order valence-electron chi connectivity index (χ3n) is 6.32. The first-order valence-electron chi connectivity index (χ1n) is 11.2. The summed E-state index contributed by atoms with van der Waals surface area (Å²) in [5.74, 6) is 1.03. The summed E-state index contributed by atoms with van der Waals surface area (Å²) in [6.45, 7) is 5.69. The van der Waals surface area contributed by atoms with Crippen molar-refractivity contribution >= 4 is 21.0 Å². The molecule has 2 aliphatic heterocycles. The lowest BCUT2D eigenvalue weighted by atomic mass is 10.1. The summed E-state index contributed by atoms with van der Waals surface area (Å²) in [6, 6.07) is 12.3. The predicted molar refractivity (Wildman–Crippen MR) is 122 cm³/mol. The van der Waals surface area contributed by atoms with Crippen LogP contribution in [-0.2, 0) is 23.0 Å². The fourth-order valence-corrected chi connectivity index (χ4v) is 5.92. The number of hydrogen-bond donors (Lipinski definition) is 1. The number of aryl methyl sites for hydroxylation is 1. The first-order chi connectivity index (χ1) is 15.9. The highest BCUT2D eigenvalue weighted by Crippen LogP contribution is 2.33. The smallest absolute Gasteiger partial charge is 0.336 e. The normalized spacial score (nSPS) is 17.4. The number of quaternary nitrogens is 1. The molecule has 33 heavy (non-hydrogen) atoms. The van der Waals surface area contributed by atoms with Gasteiger partial charge >= 0.3 is 5.63 Å². The van der Waals surface area contributed by atoms with E-state index in [4.69, 9.17) is 13.9 Å². The Labute approximate surface area is 192 Å². The first kappa shape index (κ1) is 21.9. The highest BCUT2D eigenvalue weighted by molar-refractivity contribution is 7.89. The summed E-state index contributed by atoms with van der Waals surface area (Å²) >= 11 is 0. The third kappa shape index (κ3) is 4.36. The van der Waals surface area contributed by atoms with Gasteiger partial charge in [-0.2, -0.15) is 4.31 Å². The number of sulfonamides is 1. The maximum Gasteiger partial charge on any atom is 0.336 e. The van der Waals surface area contributed by atoms with Crippen molar-refractivity contribution in [3.8, 4) is 11.5 Å². The van der Waals surface area contributed by atoms with Crippen LogP contribution in [0.5, 0.6) is 11.5 Å². The van der Waals surface area contributed by atoms with Gasteiger partial charge in [-0.15, -0.1) is 0 Å². The van der Waals surface area contributed by atoms with Gasteiger partial charge in [-0.25, -0.2) is 13.2 Å². The van der Waals surface area contributed by atoms with E-state index in [2.05, 4.69) is 13.0 Å². The Bertz CT molecular complexity index is 1340. The maximum atomic E-state index is 13.2. The average Bonchev–Trinajstić information content (AvgIpc) is 2.83. The second kappa shape index (κ2) is 8.81. The Morgan fingerprint density at radius 1 is 0.970 bits per heavy atom. The Kier molecular flexibility index (Phi) is 5.86. The Hall–Kier alpha value is -2.88. The molecule has 0 amide bonds. The largest absolute Gasteiger partial charge is 0.486 e. The van der Waals surface area contributed by atoms with Gasteiger partial charge in [0, 0.05) is 23.1 Å². The fourth-order valence-electron chi connectivity index (χ4n) is 4.46. The van der Waals surface area contributed by atoms with Crippen LogP contribution < -0.4 is 20.0 Å². The second-order valence-electron chi connectivity index (χ2n) is 8.41. The van der Waals surface area contributed by atoms with Gasteiger partial charge in [-0.3, -0.25) is 0 Å². The van der Waals surface area contributed by atoms with Crippen LogP contribution >= 0.6 is 0 Å². The lowest BCUT2D eigenvalue weighted by Gasteiger charge is -2.32. The van der Waals surface area contributed by atoms with Crippen LogP contribution in [0, 0.1) is 0 Å². The van der Waals surface area contributed by atoms with Crippen LogP contribution in [0.1, 0.15) is 18.1 Å². The van der Waals surface area contributed by atoms with E-state index >= 15 is 0 Å². The van der Waals surface area contributed by atoms with Gasteiger partial charge in [0.15, 0.2) is 11.5 Å². The molecule has 1 aromatic heterocycles. The van der Waals surface area contributed by atoms with Crippen molar-refractivity contribution in [3.63, 3.8) is 0 Å². The van der Waals surface area contributed by atoms with Crippen LogP contribution in [0.3, 0.4) is 0 Å². The zero-order valence-corrected chi connectivity index (χ0v) is 19.3. The van der Waals surface area contributed by atoms with Crippen molar-refractivity contribution < 1.29 is 27.2 Å². The number of piperazine rings is 1. The predicted octanol–water partition coefficient (Wildman–Crippen LogP) is 1.22. The van der Waals surface area contributed by atoms with Gasteiger partial charge < -0.3 is 18.8 Å². The van der Waals surface area contributed by atoms with E-state index in [0.29, 0.717) is 63.0 Å². The minimum Gasteiger partial charge on any atom is -0.486 e. The molecule has 0 atom stereocenters. The molecular weight excluding hydrogens is 444 g/mol. The summed E-state index contributed by atoms with van der Waals surface area (Å²) < 4.78 is 44.3. The number of benzene rings is 2. The Morgan fingerprint density at radius 2 is 1.73 bits per heavy atom. The lowest BCUT2D eigenvalue weighted by Crippen LogP contribution is -3.13. The fraction of sp³-hybridized carbons (Fsp3) is 0.375. The van der Waals surface area contributed by atoms with E-state index in [9.17, 15) is 13.2 Å². The van der Waals surface area contributed by atoms with E-state index in [0.717, 1.165) is 22.9 Å². The number of ether oxygens (including phenoxy) is 2. The number of nitrogens with one attached hydrogen (secondary N) is 1. The molecule has 0 bridgehead atoms. The van der Waals surface area contributed by atoms with E-state index in [1.165, 1.54) is 9.21 Å². The summed E-state index contributed by atoms with van der Waals surface area (Å²) in [6.07, 6.45) is 0.870. The molecule has 2 aromatic carbocycles. The molecule has 0 radical (unpaired) electrons. The van der Waals surface area contributed by atoms with Crippen LogP contribution in [-0.4, -0.2) is 52.1 Å². The summed E-state index contributed by atoms with van der Waals surface area (Å²) in [4.78, 5) is 13.6. The molecule has 174 valence electrons. The van der Waals surface area contributed by atoms with Crippen LogP contribution in [0.25, 0.3) is 11.0 Å². The van der Waals surface area contributed by atoms with Gasteiger partial charge in [0.1, 0.15) is 25.3 Å². The molecule has 0 aliphatic carbocycles. The molecule has 9 heteroatoms. The topological polar surface area (TPSA) is 90.5 Å². The molecule has 3 heterocycles. The van der Waals surface area contributed by atoms with Crippen LogP contribution in [0.2, 0.25) is 0 Å². The third-order valence-corrected chi connectivity index (χ3v) is 8.22. The Balaban J connectivity index is 1.30. The van der Waals surface area contributed by atoms with E-state index in [-0.39, 0.29) is 10.5 Å². The second-order valence-corrected chi connectivity index (χ2v) is 10.3. The van der Waals surface area contributed by atoms with Gasteiger partial charge in [0.25, 0.3) is 0 Å². The summed E-state index contributed by atoms with van der Waals surface area (Å²) in [5.41, 5.74) is 2.30. The highest BCUT2D eigenvalue weighted by Gasteiger charge is 2.31. The molecule has 3 aromatic rings. The first-order valence-corrected chi connectivity index (χ1v) is 12.7. The molecule has 1 N–H and O–H groups in total. The SMILES string of the molecule is CCc1ccc2c(C[NH+]3CCN(S(=O)(=O)c4ccc5c(c4)OCCO5)CC3)cc(=O)oc2c1. The van der Waals surface area contributed by atoms with Crippen molar-refractivity contribution in [3.05, 3.63) is 64.0 Å². The molecule has 5 rings (SSSR count).